The summed E-state index contributed by atoms with van der Waals surface area (Å²) in [5, 5.41) is 0. The van der Waals surface area contributed by atoms with E-state index in [4.69, 9.17) is 0 Å². The molecule has 0 saturated carbocycles. The Morgan fingerprint density at radius 3 is 2.61 bits per heavy atom. The molecule has 2 aromatic heterocycles. The van der Waals surface area contributed by atoms with Crippen molar-refractivity contribution in [2.24, 2.45) is 7.05 Å². The summed E-state index contributed by atoms with van der Waals surface area (Å²) in [6, 6.07) is 12.3. The zero-order chi connectivity index (χ0) is 12.5. The maximum Gasteiger partial charge on any atom is 0.159 e. The van der Waals surface area contributed by atoms with Gasteiger partial charge in [-0.3, -0.25) is 4.98 Å². The summed E-state index contributed by atoms with van der Waals surface area (Å²) in [6.45, 7) is 2.13. The van der Waals surface area contributed by atoms with Crippen LogP contribution in [0.15, 0.2) is 42.6 Å². The van der Waals surface area contributed by atoms with Crippen molar-refractivity contribution in [2.75, 3.05) is 0 Å². The molecule has 3 heteroatoms. The second kappa shape index (κ2) is 4.26. The van der Waals surface area contributed by atoms with Crippen LogP contribution in [-0.2, 0) is 13.5 Å². The van der Waals surface area contributed by atoms with Crippen LogP contribution in [0, 0.1) is 0 Å². The standard InChI is InChI=1S/C15H15N3/c1-3-11-8-9-13(16-10-11)15-17-12-6-4-5-7-14(12)18(15)2/h4-10H,3H2,1-2H3. The van der Waals surface area contributed by atoms with Crippen LogP contribution in [0.4, 0.5) is 0 Å². The van der Waals surface area contributed by atoms with Gasteiger partial charge in [0.2, 0.25) is 0 Å². The van der Waals surface area contributed by atoms with Crippen LogP contribution in [0.3, 0.4) is 0 Å². The fourth-order valence-corrected chi connectivity index (χ4v) is 2.14. The number of pyridine rings is 1. The topological polar surface area (TPSA) is 30.7 Å². The Balaban J connectivity index is 2.15. The van der Waals surface area contributed by atoms with Crippen molar-refractivity contribution in [2.45, 2.75) is 13.3 Å². The van der Waals surface area contributed by atoms with E-state index >= 15 is 0 Å². The highest BCUT2D eigenvalue weighted by Gasteiger charge is 2.09. The van der Waals surface area contributed by atoms with E-state index in [0.29, 0.717) is 0 Å². The van der Waals surface area contributed by atoms with E-state index in [2.05, 4.69) is 33.6 Å². The lowest BCUT2D eigenvalue weighted by atomic mass is 10.2. The molecule has 0 N–H and O–H groups in total. The molecule has 1 aromatic carbocycles. The summed E-state index contributed by atoms with van der Waals surface area (Å²) < 4.78 is 2.09. The first-order valence-electron chi connectivity index (χ1n) is 6.16. The molecular formula is C15H15N3. The van der Waals surface area contributed by atoms with Crippen molar-refractivity contribution in [3.63, 3.8) is 0 Å². The number of hydrogen-bond acceptors (Lipinski definition) is 2. The second-order valence-electron chi connectivity index (χ2n) is 4.39. The van der Waals surface area contributed by atoms with Gasteiger partial charge in [-0.05, 0) is 30.2 Å². The zero-order valence-electron chi connectivity index (χ0n) is 10.6. The minimum Gasteiger partial charge on any atom is -0.326 e. The molecule has 0 aliphatic heterocycles. The van der Waals surface area contributed by atoms with Gasteiger partial charge in [-0.2, -0.15) is 0 Å². The van der Waals surface area contributed by atoms with Gasteiger partial charge in [0.25, 0.3) is 0 Å². The maximum atomic E-state index is 4.64. The van der Waals surface area contributed by atoms with Crippen LogP contribution in [0.1, 0.15) is 12.5 Å². The number of rotatable bonds is 2. The predicted molar refractivity (Wildman–Crippen MR) is 73.3 cm³/mol. The summed E-state index contributed by atoms with van der Waals surface area (Å²) >= 11 is 0. The first kappa shape index (κ1) is 11.0. The molecule has 3 nitrogen and oxygen atoms in total. The maximum absolute atomic E-state index is 4.64. The van der Waals surface area contributed by atoms with Crippen LogP contribution in [0.2, 0.25) is 0 Å². The number of hydrogen-bond donors (Lipinski definition) is 0. The highest BCUT2D eigenvalue weighted by Crippen LogP contribution is 2.21. The second-order valence-corrected chi connectivity index (χ2v) is 4.39. The van der Waals surface area contributed by atoms with Gasteiger partial charge in [0.05, 0.1) is 11.0 Å². The molecule has 0 radical (unpaired) electrons. The molecule has 18 heavy (non-hydrogen) atoms. The fourth-order valence-electron chi connectivity index (χ4n) is 2.14. The highest BCUT2D eigenvalue weighted by molar-refractivity contribution is 5.79. The van der Waals surface area contributed by atoms with Crippen molar-refractivity contribution in [3.05, 3.63) is 48.2 Å². The van der Waals surface area contributed by atoms with E-state index in [1.165, 1.54) is 5.56 Å². The first-order chi connectivity index (χ1) is 8.79. The normalized spacial score (nSPS) is 11.0. The van der Waals surface area contributed by atoms with Gasteiger partial charge >= 0.3 is 0 Å². The molecule has 0 aliphatic carbocycles. The Kier molecular flexibility index (Phi) is 2.59. The Morgan fingerprint density at radius 1 is 1.11 bits per heavy atom. The van der Waals surface area contributed by atoms with Crippen LogP contribution >= 0.6 is 0 Å². The Hall–Kier alpha value is -2.16. The third-order valence-electron chi connectivity index (χ3n) is 3.25. The summed E-state index contributed by atoms with van der Waals surface area (Å²) in [6.07, 6.45) is 2.94. The van der Waals surface area contributed by atoms with Crippen LogP contribution in [0.5, 0.6) is 0 Å². The van der Waals surface area contributed by atoms with Gasteiger partial charge in [0, 0.05) is 13.2 Å². The van der Waals surface area contributed by atoms with E-state index < -0.39 is 0 Å². The Bertz CT molecular complexity index is 681. The van der Waals surface area contributed by atoms with Crippen molar-refractivity contribution < 1.29 is 0 Å². The molecule has 0 bridgehead atoms. The fraction of sp³-hybridized carbons (Fsp3) is 0.200. The van der Waals surface area contributed by atoms with Gasteiger partial charge in [-0.15, -0.1) is 0 Å². The van der Waals surface area contributed by atoms with Crippen LogP contribution in [0.25, 0.3) is 22.6 Å². The molecule has 0 spiro atoms. The summed E-state index contributed by atoms with van der Waals surface area (Å²) in [5.74, 6) is 0.916. The van der Waals surface area contributed by atoms with Gasteiger partial charge in [-0.1, -0.05) is 25.1 Å². The van der Waals surface area contributed by atoms with E-state index in [9.17, 15) is 0 Å². The minimum atomic E-state index is 0.916. The predicted octanol–water partition coefficient (Wildman–Crippen LogP) is 3.20. The van der Waals surface area contributed by atoms with E-state index in [1.54, 1.807) is 0 Å². The summed E-state index contributed by atoms with van der Waals surface area (Å²) in [5.41, 5.74) is 4.31. The number of aromatic nitrogens is 3. The molecule has 0 saturated heterocycles. The van der Waals surface area contributed by atoms with Crippen LogP contribution < -0.4 is 0 Å². The van der Waals surface area contributed by atoms with Gasteiger partial charge in [-0.25, -0.2) is 4.98 Å². The lowest BCUT2D eigenvalue weighted by molar-refractivity contribution is 0.948. The monoisotopic (exact) mass is 237 g/mol. The quantitative estimate of drug-likeness (QED) is 0.685. The number of imidazole rings is 1. The minimum absolute atomic E-state index is 0.916. The lowest BCUT2D eigenvalue weighted by Crippen LogP contribution is -1.95. The molecule has 2 heterocycles. The van der Waals surface area contributed by atoms with Crippen molar-refractivity contribution in [1.82, 2.24) is 14.5 Å². The smallest absolute Gasteiger partial charge is 0.159 e. The number of fused-ring (bicyclic) bond motifs is 1. The Morgan fingerprint density at radius 2 is 1.94 bits per heavy atom. The molecule has 0 fully saturated rings. The van der Waals surface area contributed by atoms with Crippen LogP contribution in [-0.4, -0.2) is 14.5 Å². The third-order valence-corrected chi connectivity index (χ3v) is 3.25. The van der Waals surface area contributed by atoms with E-state index in [1.807, 2.05) is 37.5 Å². The van der Waals surface area contributed by atoms with Crippen molar-refractivity contribution in [3.8, 4) is 11.5 Å². The molecule has 3 aromatic rings. The van der Waals surface area contributed by atoms with Gasteiger partial charge in [0.15, 0.2) is 5.82 Å². The molecule has 0 aliphatic rings. The molecule has 0 atom stereocenters. The summed E-state index contributed by atoms with van der Waals surface area (Å²) in [4.78, 5) is 9.13. The molecule has 0 unspecified atom stereocenters. The van der Waals surface area contributed by atoms with E-state index in [-0.39, 0.29) is 0 Å². The van der Waals surface area contributed by atoms with Gasteiger partial charge < -0.3 is 4.57 Å². The molecule has 0 amide bonds. The molecule has 90 valence electrons. The van der Waals surface area contributed by atoms with E-state index in [0.717, 1.165) is 29.0 Å². The first-order valence-corrected chi connectivity index (χ1v) is 6.16. The average molecular weight is 237 g/mol. The zero-order valence-corrected chi connectivity index (χ0v) is 10.6. The third kappa shape index (κ3) is 1.68. The number of nitrogens with zero attached hydrogens (tertiary/aromatic N) is 3. The highest BCUT2D eigenvalue weighted by atomic mass is 15.1. The SMILES string of the molecule is CCc1ccc(-c2nc3ccccc3n2C)nc1. The van der Waals surface area contributed by atoms with Gasteiger partial charge in [0.1, 0.15) is 5.69 Å². The molecular weight excluding hydrogens is 222 g/mol. The number of aryl methyl sites for hydroxylation is 2. The lowest BCUT2D eigenvalue weighted by Gasteiger charge is -2.02. The van der Waals surface area contributed by atoms with Crippen molar-refractivity contribution in [1.29, 1.82) is 0 Å². The molecule has 3 rings (SSSR count). The average Bonchev–Trinajstić information content (AvgIpc) is 2.77. The Labute approximate surface area is 106 Å². The van der Waals surface area contributed by atoms with Crippen molar-refractivity contribution >= 4 is 11.0 Å². The number of benzene rings is 1. The largest absolute Gasteiger partial charge is 0.326 e. The number of para-hydroxylation sites is 2. The summed E-state index contributed by atoms with van der Waals surface area (Å²) in [7, 11) is 2.03.